The maximum atomic E-state index is 12.2. The predicted molar refractivity (Wildman–Crippen MR) is 96.9 cm³/mol. The number of ether oxygens (including phenoxy) is 3. The molecular formula is C18H24BrNO5. The number of esters is 1. The number of carbonyl (C=O) groups excluding carboxylic acids is 2. The maximum Gasteiger partial charge on any atom is 0.310 e. The number of piperidine rings is 1. The zero-order chi connectivity index (χ0) is 18.4. The standard InChI is InChI=1S/C18H24BrNO5/c1-12-6-4-5-7-20(12)17(21)11-25-18(22)9-13-8-15(23-2)16(24-3)10-14(13)19/h8,10,12H,4-7,9,11H2,1-3H3/t12-/m0/s1. The summed E-state index contributed by atoms with van der Waals surface area (Å²) >= 11 is 3.41. The van der Waals surface area contributed by atoms with Gasteiger partial charge in [0.15, 0.2) is 18.1 Å². The molecule has 0 radical (unpaired) electrons. The second-order valence-corrected chi connectivity index (χ2v) is 6.92. The topological polar surface area (TPSA) is 65.1 Å². The summed E-state index contributed by atoms with van der Waals surface area (Å²) in [6.07, 6.45) is 3.18. The second-order valence-electron chi connectivity index (χ2n) is 6.07. The molecule has 1 heterocycles. The zero-order valence-corrected chi connectivity index (χ0v) is 16.4. The van der Waals surface area contributed by atoms with Crippen LogP contribution in [0, 0.1) is 0 Å². The van der Waals surface area contributed by atoms with Crippen LogP contribution in [0.25, 0.3) is 0 Å². The molecule has 0 bridgehead atoms. The monoisotopic (exact) mass is 413 g/mol. The summed E-state index contributed by atoms with van der Waals surface area (Å²) in [5.41, 5.74) is 0.710. The number of benzene rings is 1. The van der Waals surface area contributed by atoms with Gasteiger partial charge in [-0.3, -0.25) is 9.59 Å². The van der Waals surface area contributed by atoms with E-state index in [9.17, 15) is 9.59 Å². The van der Waals surface area contributed by atoms with Crippen LogP contribution >= 0.6 is 15.9 Å². The summed E-state index contributed by atoms with van der Waals surface area (Å²) in [5, 5.41) is 0. The van der Waals surface area contributed by atoms with E-state index in [0.29, 0.717) is 17.1 Å². The zero-order valence-electron chi connectivity index (χ0n) is 14.8. The number of methoxy groups -OCH3 is 2. The largest absolute Gasteiger partial charge is 0.493 e. The highest BCUT2D eigenvalue weighted by molar-refractivity contribution is 9.10. The molecule has 0 unspecified atom stereocenters. The van der Waals surface area contributed by atoms with E-state index in [2.05, 4.69) is 15.9 Å². The molecule has 0 aliphatic carbocycles. The van der Waals surface area contributed by atoms with Crippen LogP contribution in [0.3, 0.4) is 0 Å². The number of halogens is 1. The third kappa shape index (κ3) is 5.11. The molecule has 25 heavy (non-hydrogen) atoms. The Morgan fingerprint density at radius 1 is 1.20 bits per heavy atom. The van der Waals surface area contributed by atoms with Gasteiger partial charge >= 0.3 is 5.97 Å². The molecule has 1 aliphatic heterocycles. The predicted octanol–water partition coefficient (Wildman–Crippen LogP) is 2.95. The van der Waals surface area contributed by atoms with Gasteiger partial charge in [0.1, 0.15) is 0 Å². The molecule has 6 nitrogen and oxygen atoms in total. The van der Waals surface area contributed by atoms with E-state index in [-0.39, 0.29) is 25.0 Å². The SMILES string of the molecule is COc1cc(Br)c(CC(=O)OCC(=O)N2CCCC[C@@H]2C)cc1OC. The van der Waals surface area contributed by atoms with Crippen molar-refractivity contribution < 1.29 is 23.8 Å². The number of nitrogens with zero attached hydrogens (tertiary/aromatic N) is 1. The third-order valence-electron chi connectivity index (χ3n) is 4.37. The van der Waals surface area contributed by atoms with Gasteiger partial charge in [0.25, 0.3) is 5.91 Å². The quantitative estimate of drug-likeness (QED) is 0.670. The lowest BCUT2D eigenvalue weighted by molar-refractivity contribution is -0.153. The first kappa shape index (κ1) is 19.6. The Morgan fingerprint density at radius 3 is 2.52 bits per heavy atom. The minimum atomic E-state index is -0.453. The Bertz CT molecular complexity index is 634. The number of hydrogen-bond donors (Lipinski definition) is 0. The molecule has 1 aromatic rings. The maximum absolute atomic E-state index is 12.2. The van der Waals surface area contributed by atoms with E-state index >= 15 is 0 Å². The number of hydrogen-bond acceptors (Lipinski definition) is 5. The van der Waals surface area contributed by atoms with Crippen molar-refractivity contribution in [3.8, 4) is 11.5 Å². The van der Waals surface area contributed by atoms with Gasteiger partial charge < -0.3 is 19.1 Å². The minimum Gasteiger partial charge on any atom is -0.493 e. The van der Waals surface area contributed by atoms with E-state index in [0.717, 1.165) is 30.3 Å². The smallest absolute Gasteiger partial charge is 0.310 e. The third-order valence-corrected chi connectivity index (χ3v) is 5.11. The fraction of sp³-hybridized carbons (Fsp3) is 0.556. The van der Waals surface area contributed by atoms with Crippen molar-refractivity contribution in [1.29, 1.82) is 0 Å². The van der Waals surface area contributed by atoms with Crippen LogP contribution in [0.4, 0.5) is 0 Å². The minimum absolute atomic E-state index is 0.0454. The highest BCUT2D eigenvalue weighted by Gasteiger charge is 2.24. The fourth-order valence-electron chi connectivity index (χ4n) is 2.93. The van der Waals surface area contributed by atoms with Crippen molar-refractivity contribution in [3.05, 3.63) is 22.2 Å². The number of likely N-dealkylation sites (tertiary alicyclic amines) is 1. The van der Waals surface area contributed by atoms with Gasteiger partial charge in [-0.2, -0.15) is 0 Å². The lowest BCUT2D eigenvalue weighted by Gasteiger charge is -2.33. The summed E-state index contributed by atoms with van der Waals surface area (Å²) in [5.74, 6) is 0.519. The Balaban J connectivity index is 1.93. The van der Waals surface area contributed by atoms with Crippen LogP contribution in [-0.2, 0) is 20.7 Å². The van der Waals surface area contributed by atoms with Crippen LogP contribution in [0.5, 0.6) is 11.5 Å². The van der Waals surface area contributed by atoms with Gasteiger partial charge in [-0.25, -0.2) is 0 Å². The number of amides is 1. The number of rotatable bonds is 6. The van der Waals surface area contributed by atoms with Crippen molar-refractivity contribution in [2.45, 2.75) is 38.6 Å². The molecule has 7 heteroatoms. The average molecular weight is 414 g/mol. The second kappa shape index (κ2) is 9.08. The molecule has 138 valence electrons. The van der Waals surface area contributed by atoms with Crippen molar-refractivity contribution in [2.24, 2.45) is 0 Å². The normalized spacial score (nSPS) is 17.1. The Morgan fingerprint density at radius 2 is 1.88 bits per heavy atom. The van der Waals surface area contributed by atoms with Gasteiger partial charge in [-0.1, -0.05) is 15.9 Å². The molecule has 0 N–H and O–H groups in total. The first-order valence-corrected chi connectivity index (χ1v) is 9.11. The van der Waals surface area contributed by atoms with Crippen molar-refractivity contribution in [2.75, 3.05) is 27.4 Å². The molecule has 2 rings (SSSR count). The van der Waals surface area contributed by atoms with Crippen LogP contribution < -0.4 is 9.47 Å². The van der Waals surface area contributed by atoms with E-state index < -0.39 is 5.97 Å². The van der Waals surface area contributed by atoms with Gasteiger partial charge in [-0.15, -0.1) is 0 Å². The lowest BCUT2D eigenvalue weighted by atomic mass is 10.0. The van der Waals surface area contributed by atoms with Crippen LogP contribution in [-0.4, -0.2) is 50.2 Å². The highest BCUT2D eigenvalue weighted by Crippen LogP contribution is 2.33. The first-order chi connectivity index (χ1) is 12.0. The Kier molecular flexibility index (Phi) is 7.11. The van der Waals surface area contributed by atoms with Gasteiger partial charge in [-0.05, 0) is 43.9 Å². The highest BCUT2D eigenvalue weighted by atomic mass is 79.9. The van der Waals surface area contributed by atoms with Crippen molar-refractivity contribution in [3.63, 3.8) is 0 Å². The molecule has 1 atom stereocenters. The van der Waals surface area contributed by atoms with Crippen LogP contribution in [0.15, 0.2) is 16.6 Å². The molecule has 0 aromatic heterocycles. The van der Waals surface area contributed by atoms with Crippen molar-refractivity contribution in [1.82, 2.24) is 4.90 Å². The van der Waals surface area contributed by atoms with E-state index in [1.54, 1.807) is 24.1 Å². The van der Waals surface area contributed by atoms with Crippen molar-refractivity contribution >= 4 is 27.8 Å². The molecule has 1 fully saturated rings. The van der Waals surface area contributed by atoms with Crippen LogP contribution in [0.2, 0.25) is 0 Å². The van der Waals surface area contributed by atoms with Gasteiger partial charge in [0, 0.05) is 17.1 Å². The summed E-state index contributed by atoms with van der Waals surface area (Å²) in [6, 6.07) is 3.67. The molecule has 1 amide bonds. The fourth-order valence-corrected chi connectivity index (χ4v) is 3.39. The molecule has 0 saturated carbocycles. The average Bonchev–Trinajstić information content (AvgIpc) is 2.61. The molecule has 1 aromatic carbocycles. The summed E-state index contributed by atoms with van der Waals surface area (Å²) in [4.78, 5) is 26.1. The summed E-state index contributed by atoms with van der Waals surface area (Å²) in [7, 11) is 3.08. The molecule has 1 aliphatic rings. The Hall–Kier alpha value is -1.76. The lowest BCUT2D eigenvalue weighted by Crippen LogP contribution is -2.44. The molecular weight excluding hydrogens is 390 g/mol. The van der Waals surface area contributed by atoms with E-state index in [4.69, 9.17) is 14.2 Å². The van der Waals surface area contributed by atoms with Gasteiger partial charge in [0.05, 0.1) is 20.6 Å². The van der Waals surface area contributed by atoms with Crippen LogP contribution in [0.1, 0.15) is 31.7 Å². The Labute approximate surface area is 156 Å². The summed E-state index contributed by atoms with van der Waals surface area (Å²) < 4.78 is 16.3. The van der Waals surface area contributed by atoms with E-state index in [1.165, 1.54) is 7.11 Å². The molecule has 0 spiro atoms. The summed E-state index contributed by atoms with van der Waals surface area (Å²) in [6.45, 7) is 2.55. The van der Waals surface area contributed by atoms with Gasteiger partial charge in [0.2, 0.25) is 0 Å². The first-order valence-electron chi connectivity index (χ1n) is 8.31. The molecule has 1 saturated heterocycles. The number of carbonyl (C=O) groups is 2. The van der Waals surface area contributed by atoms with E-state index in [1.807, 2.05) is 6.92 Å².